The zero-order valence-corrected chi connectivity index (χ0v) is 14.3. The van der Waals surface area contributed by atoms with Crippen LogP contribution in [0.15, 0.2) is 41.1 Å². The third kappa shape index (κ3) is 3.89. The molecule has 2 heterocycles. The number of pyridine rings is 1. The smallest absolute Gasteiger partial charge is 0.264 e. The van der Waals surface area contributed by atoms with Crippen LogP contribution in [0.1, 0.15) is 23.0 Å². The lowest BCUT2D eigenvalue weighted by atomic mass is 10.1. The molecule has 0 amide bonds. The van der Waals surface area contributed by atoms with Crippen LogP contribution in [-0.2, 0) is 13.0 Å². The average molecular weight is 352 g/mol. The first-order valence-electron chi connectivity index (χ1n) is 7.73. The van der Waals surface area contributed by atoms with Crippen molar-refractivity contribution in [3.8, 4) is 23.3 Å². The van der Waals surface area contributed by atoms with Crippen molar-refractivity contribution in [1.82, 2.24) is 15.1 Å². The first kappa shape index (κ1) is 17.2. The summed E-state index contributed by atoms with van der Waals surface area (Å²) in [7, 11) is 3.17. The Morgan fingerprint density at radius 1 is 1.12 bits per heavy atom. The van der Waals surface area contributed by atoms with E-state index in [0.29, 0.717) is 35.4 Å². The molecule has 8 nitrogen and oxygen atoms in total. The van der Waals surface area contributed by atoms with E-state index in [1.807, 2.05) is 24.3 Å². The Balaban J connectivity index is 1.66. The van der Waals surface area contributed by atoms with Gasteiger partial charge in [-0.1, -0.05) is 11.2 Å². The molecule has 2 aromatic heterocycles. The summed E-state index contributed by atoms with van der Waals surface area (Å²) in [5.41, 5.74) is 1.16. The third-order valence-corrected chi connectivity index (χ3v) is 3.55. The Morgan fingerprint density at radius 3 is 2.73 bits per heavy atom. The lowest BCUT2D eigenvalue weighted by molar-refractivity contribution is 0.241. The van der Waals surface area contributed by atoms with E-state index in [2.05, 4.69) is 15.1 Å². The van der Waals surface area contributed by atoms with E-state index in [4.69, 9.17) is 24.0 Å². The molecule has 3 aromatic rings. The molecule has 0 saturated carbocycles. The lowest BCUT2D eigenvalue weighted by Crippen LogP contribution is -1.99. The van der Waals surface area contributed by atoms with Gasteiger partial charge in [-0.3, -0.25) is 0 Å². The maximum atomic E-state index is 9.00. The number of aromatic nitrogens is 3. The van der Waals surface area contributed by atoms with Crippen LogP contribution in [-0.4, -0.2) is 29.3 Å². The van der Waals surface area contributed by atoms with Crippen molar-refractivity contribution < 1.29 is 18.7 Å². The fourth-order valence-corrected chi connectivity index (χ4v) is 2.32. The molecule has 0 N–H and O–H groups in total. The molecule has 8 heteroatoms. The van der Waals surface area contributed by atoms with Crippen molar-refractivity contribution in [2.75, 3.05) is 14.2 Å². The third-order valence-electron chi connectivity index (χ3n) is 3.55. The first-order valence-corrected chi connectivity index (χ1v) is 7.73. The predicted molar refractivity (Wildman–Crippen MR) is 89.9 cm³/mol. The van der Waals surface area contributed by atoms with Crippen molar-refractivity contribution in [3.05, 3.63) is 59.5 Å². The predicted octanol–water partition coefficient (Wildman–Crippen LogP) is 2.52. The number of nitrogens with zero attached hydrogens (tertiary/aromatic N) is 4. The van der Waals surface area contributed by atoms with Gasteiger partial charge in [-0.15, -0.1) is 0 Å². The average Bonchev–Trinajstić information content (AvgIpc) is 3.13. The fourth-order valence-electron chi connectivity index (χ4n) is 2.32. The van der Waals surface area contributed by atoms with E-state index in [0.717, 1.165) is 5.56 Å². The SMILES string of the molecule is COc1ccc(Cc2noc(COc3cccnc3C#N)n2)cc1OC. The van der Waals surface area contributed by atoms with Gasteiger partial charge in [-0.05, 0) is 29.8 Å². The number of benzene rings is 1. The molecule has 0 radical (unpaired) electrons. The summed E-state index contributed by atoms with van der Waals surface area (Å²) >= 11 is 0. The molecule has 0 unspecified atom stereocenters. The Kier molecular flexibility index (Phi) is 5.29. The lowest BCUT2D eigenvalue weighted by Gasteiger charge is -2.08. The van der Waals surface area contributed by atoms with Crippen LogP contribution in [0.3, 0.4) is 0 Å². The van der Waals surface area contributed by atoms with Crippen LogP contribution in [0.4, 0.5) is 0 Å². The Labute approximate surface area is 150 Å². The summed E-state index contributed by atoms with van der Waals surface area (Å²) in [6.45, 7) is 0.0549. The minimum Gasteiger partial charge on any atom is -0.493 e. The molecule has 0 saturated heterocycles. The van der Waals surface area contributed by atoms with Crippen LogP contribution < -0.4 is 14.2 Å². The molecule has 3 rings (SSSR count). The molecule has 1 aromatic carbocycles. The van der Waals surface area contributed by atoms with Gasteiger partial charge in [-0.25, -0.2) is 4.98 Å². The van der Waals surface area contributed by atoms with Gasteiger partial charge in [0.15, 0.2) is 35.4 Å². The molecule has 0 aliphatic rings. The van der Waals surface area contributed by atoms with Gasteiger partial charge in [0, 0.05) is 12.6 Å². The normalized spacial score (nSPS) is 10.2. The van der Waals surface area contributed by atoms with Gasteiger partial charge in [0.05, 0.1) is 14.2 Å². The number of ether oxygens (including phenoxy) is 3. The van der Waals surface area contributed by atoms with E-state index < -0.39 is 0 Å². The highest BCUT2D eigenvalue weighted by molar-refractivity contribution is 5.43. The van der Waals surface area contributed by atoms with Crippen molar-refractivity contribution in [3.63, 3.8) is 0 Å². The first-order chi connectivity index (χ1) is 12.7. The van der Waals surface area contributed by atoms with Gasteiger partial charge in [0.25, 0.3) is 5.89 Å². The van der Waals surface area contributed by atoms with Gasteiger partial charge in [0.1, 0.15) is 6.07 Å². The summed E-state index contributed by atoms with van der Waals surface area (Å²) in [6, 6.07) is 10.9. The van der Waals surface area contributed by atoms with Crippen LogP contribution in [0.5, 0.6) is 17.2 Å². The minimum absolute atomic E-state index is 0.0549. The molecule has 0 bridgehead atoms. The second-order valence-electron chi connectivity index (χ2n) is 5.22. The zero-order chi connectivity index (χ0) is 18.4. The molecule has 132 valence electrons. The van der Waals surface area contributed by atoms with E-state index in [9.17, 15) is 0 Å². The number of nitriles is 1. The molecular weight excluding hydrogens is 336 g/mol. The highest BCUT2D eigenvalue weighted by Crippen LogP contribution is 2.28. The molecule has 26 heavy (non-hydrogen) atoms. The largest absolute Gasteiger partial charge is 0.493 e. The fraction of sp³-hybridized carbons (Fsp3) is 0.222. The molecule has 0 atom stereocenters. The van der Waals surface area contributed by atoms with Crippen LogP contribution >= 0.6 is 0 Å². The summed E-state index contributed by atoms with van der Waals surface area (Å²) in [5, 5.41) is 12.9. The van der Waals surface area contributed by atoms with Crippen LogP contribution in [0.25, 0.3) is 0 Å². The quantitative estimate of drug-likeness (QED) is 0.639. The van der Waals surface area contributed by atoms with Crippen molar-refractivity contribution in [1.29, 1.82) is 5.26 Å². The minimum atomic E-state index is 0.0549. The molecule has 0 spiro atoms. The van der Waals surface area contributed by atoms with Crippen molar-refractivity contribution in [2.24, 2.45) is 0 Å². The van der Waals surface area contributed by atoms with Crippen LogP contribution in [0, 0.1) is 11.3 Å². The monoisotopic (exact) mass is 352 g/mol. The zero-order valence-electron chi connectivity index (χ0n) is 14.3. The number of hydrogen-bond donors (Lipinski definition) is 0. The highest BCUT2D eigenvalue weighted by atomic mass is 16.5. The summed E-state index contributed by atoms with van der Waals surface area (Å²) in [5.74, 6) is 2.49. The second-order valence-corrected chi connectivity index (χ2v) is 5.22. The maximum absolute atomic E-state index is 9.00. The Hall–Kier alpha value is -3.60. The number of methoxy groups -OCH3 is 2. The van der Waals surface area contributed by atoms with Gasteiger partial charge in [-0.2, -0.15) is 10.2 Å². The highest BCUT2D eigenvalue weighted by Gasteiger charge is 2.11. The molecule has 0 fully saturated rings. The standard InChI is InChI=1S/C18H16N4O4/c1-23-15-6-5-12(8-16(15)24-2)9-17-21-18(26-22-17)11-25-14-4-3-7-20-13(14)10-19/h3-8H,9,11H2,1-2H3. The van der Waals surface area contributed by atoms with E-state index in [1.165, 1.54) is 6.20 Å². The van der Waals surface area contributed by atoms with E-state index in [1.54, 1.807) is 26.4 Å². The van der Waals surface area contributed by atoms with Gasteiger partial charge in [0.2, 0.25) is 0 Å². The van der Waals surface area contributed by atoms with E-state index in [-0.39, 0.29) is 12.3 Å². The molecular formula is C18H16N4O4. The summed E-state index contributed by atoms with van der Waals surface area (Å²) in [4.78, 5) is 8.22. The topological polar surface area (TPSA) is 103 Å². The molecule has 0 aliphatic carbocycles. The van der Waals surface area contributed by atoms with Gasteiger partial charge < -0.3 is 18.7 Å². The summed E-state index contributed by atoms with van der Waals surface area (Å²) < 4.78 is 21.2. The Morgan fingerprint density at radius 2 is 1.96 bits per heavy atom. The van der Waals surface area contributed by atoms with E-state index >= 15 is 0 Å². The number of rotatable bonds is 7. The second kappa shape index (κ2) is 7.98. The molecule has 0 aliphatic heterocycles. The van der Waals surface area contributed by atoms with Crippen molar-refractivity contribution in [2.45, 2.75) is 13.0 Å². The van der Waals surface area contributed by atoms with Gasteiger partial charge >= 0.3 is 0 Å². The number of hydrogen-bond acceptors (Lipinski definition) is 8. The maximum Gasteiger partial charge on any atom is 0.264 e. The Bertz CT molecular complexity index is 933. The van der Waals surface area contributed by atoms with Crippen molar-refractivity contribution >= 4 is 0 Å². The summed E-state index contributed by atoms with van der Waals surface area (Å²) in [6.07, 6.45) is 2.00. The van der Waals surface area contributed by atoms with Crippen LogP contribution in [0.2, 0.25) is 0 Å².